The van der Waals surface area contributed by atoms with E-state index in [0.717, 1.165) is 32.4 Å². The van der Waals surface area contributed by atoms with Gasteiger partial charge in [0.25, 0.3) is 0 Å². The van der Waals surface area contributed by atoms with E-state index in [0.29, 0.717) is 19.6 Å². The smallest absolute Gasteiger partial charge is 0.219 e. The molecule has 0 atom stereocenters. The fraction of sp³-hybridized carbons (Fsp3) is 0.923. The van der Waals surface area contributed by atoms with E-state index in [1.165, 1.54) is 12.8 Å². The monoisotopic (exact) mass is 245 g/mol. The van der Waals surface area contributed by atoms with Crippen molar-refractivity contribution in [3.63, 3.8) is 0 Å². The Kier molecular flexibility index (Phi) is 13.0. The Labute approximate surface area is 105 Å². The number of unbranched alkanes of at least 4 members (excludes halogenated alkanes) is 4. The summed E-state index contributed by atoms with van der Waals surface area (Å²) in [6.45, 7) is 4.86. The zero-order valence-corrected chi connectivity index (χ0v) is 11.3. The van der Waals surface area contributed by atoms with E-state index in [9.17, 15) is 4.79 Å². The average molecular weight is 245 g/mol. The first-order chi connectivity index (χ1) is 8.31. The van der Waals surface area contributed by atoms with Crippen LogP contribution in [0.3, 0.4) is 0 Å². The van der Waals surface area contributed by atoms with Gasteiger partial charge < -0.3 is 14.8 Å². The summed E-state index contributed by atoms with van der Waals surface area (Å²) in [5, 5.41) is 2.81. The molecule has 0 unspecified atom stereocenters. The van der Waals surface area contributed by atoms with E-state index in [-0.39, 0.29) is 5.91 Å². The zero-order valence-electron chi connectivity index (χ0n) is 11.3. The molecule has 0 aromatic heterocycles. The zero-order chi connectivity index (χ0) is 12.8. The van der Waals surface area contributed by atoms with Crippen LogP contribution in [0.1, 0.15) is 45.4 Å². The molecule has 0 aliphatic rings. The predicted octanol–water partition coefficient (Wildman–Crippen LogP) is 2.13. The molecule has 0 aromatic rings. The molecule has 0 bridgehead atoms. The Balaban J connectivity index is 3.01. The lowest BCUT2D eigenvalue weighted by Gasteiger charge is -2.04. The van der Waals surface area contributed by atoms with Gasteiger partial charge in [-0.05, 0) is 19.8 Å². The molecule has 102 valence electrons. The molecule has 0 saturated heterocycles. The molecule has 0 aliphatic heterocycles. The molecule has 0 aromatic carbocycles. The number of carbonyl (C=O) groups is 1. The molecule has 0 fully saturated rings. The summed E-state index contributed by atoms with van der Waals surface area (Å²) in [6, 6.07) is 0. The third-order valence-corrected chi connectivity index (χ3v) is 2.50. The van der Waals surface area contributed by atoms with Gasteiger partial charge >= 0.3 is 0 Å². The summed E-state index contributed by atoms with van der Waals surface area (Å²) < 4.78 is 10.2. The maximum absolute atomic E-state index is 11.1. The van der Waals surface area contributed by atoms with Gasteiger partial charge in [-0.15, -0.1) is 0 Å². The number of nitrogens with one attached hydrogen (secondary N) is 1. The summed E-state index contributed by atoms with van der Waals surface area (Å²) >= 11 is 0. The van der Waals surface area contributed by atoms with E-state index in [1.807, 2.05) is 6.92 Å². The highest BCUT2D eigenvalue weighted by Crippen LogP contribution is 2.05. The Morgan fingerprint density at radius 2 is 1.71 bits per heavy atom. The van der Waals surface area contributed by atoms with Crippen molar-refractivity contribution in [1.82, 2.24) is 5.32 Å². The summed E-state index contributed by atoms with van der Waals surface area (Å²) in [5.74, 6) is 0.176. The van der Waals surface area contributed by atoms with Crippen LogP contribution in [0.5, 0.6) is 0 Å². The van der Waals surface area contributed by atoms with Crippen LogP contribution in [0.25, 0.3) is 0 Å². The predicted molar refractivity (Wildman–Crippen MR) is 69.1 cm³/mol. The molecule has 17 heavy (non-hydrogen) atoms. The van der Waals surface area contributed by atoms with Crippen LogP contribution in [0.15, 0.2) is 0 Å². The molecule has 4 nitrogen and oxygen atoms in total. The standard InChI is InChI=1S/C13H27NO3/c1-3-14-13(15)9-7-5-4-6-8-10-17-12-11-16-2/h3-12H2,1-2H3,(H,14,15). The van der Waals surface area contributed by atoms with Gasteiger partial charge in [0.1, 0.15) is 0 Å². The van der Waals surface area contributed by atoms with Crippen LogP contribution in [-0.4, -0.2) is 39.4 Å². The molecule has 0 rings (SSSR count). The summed E-state index contributed by atoms with van der Waals surface area (Å²) in [4.78, 5) is 11.1. The highest BCUT2D eigenvalue weighted by atomic mass is 16.5. The molecular formula is C13H27NO3. The van der Waals surface area contributed by atoms with Crippen molar-refractivity contribution in [3.05, 3.63) is 0 Å². The van der Waals surface area contributed by atoms with Crippen LogP contribution in [0, 0.1) is 0 Å². The number of hydrogen-bond acceptors (Lipinski definition) is 3. The van der Waals surface area contributed by atoms with Gasteiger partial charge in [0, 0.05) is 26.7 Å². The van der Waals surface area contributed by atoms with Gasteiger partial charge in [-0.1, -0.05) is 19.3 Å². The molecule has 0 radical (unpaired) electrons. The van der Waals surface area contributed by atoms with Crippen molar-refractivity contribution in [2.75, 3.05) is 33.5 Å². The third-order valence-electron chi connectivity index (χ3n) is 2.50. The van der Waals surface area contributed by atoms with Crippen LogP contribution in [-0.2, 0) is 14.3 Å². The molecule has 0 aliphatic carbocycles. The lowest BCUT2D eigenvalue weighted by atomic mass is 10.1. The van der Waals surface area contributed by atoms with Gasteiger partial charge in [-0.3, -0.25) is 4.79 Å². The molecule has 1 N–H and O–H groups in total. The summed E-state index contributed by atoms with van der Waals surface area (Å²) in [6.07, 6.45) is 6.27. The number of methoxy groups -OCH3 is 1. The van der Waals surface area contributed by atoms with E-state index < -0.39 is 0 Å². The van der Waals surface area contributed by atoms with Crippen LogP contribution in [0.4, 0.5) is 0 Å². The van der Waals surface area contributed by atoms with Crippen LogP contribution in [0.2, 0.25) is 0 Å². The second kappa shape index (κ2) is 13.5. The van der Waals surface area contributed by atoms with Crippen molar-refractivity contribution in [2.45, 2.75) is 45.4 Å². The van der Waals surface area contributed by atoms with Gasteiger partial charge in [0.05, 0.1) is 13.2 Å². The second-order valence-electron chi connectivity index (χ2n) is 4.08. The van der Waals surface area contributed by atoms with Crippen molar-refractivity contribution >= 4 is 5.91 Å². The highest BCUT2D eigenvalue weighted by Gasteiger charge is 1.98. The summed E-state index contributed by atoms with van der Waals surface area (Å²) in [5.41, 5.74) is 0. The Morgan fingerprint density at radius 3 is 2.41 bits per heavy atom. The SMILES string of the molecule is CCNC(=O)CCCCCCCOCCOC. The minimum Gasteiger partial charge on any atom is -0.382 e. The van der Waals surface area contributed by atoms with E-state index in [2.05, 4.69) is 5.32 Å². The minimum absolute atomic E-state index is 0.176. The number of carbonyl (C=O) groups excluding carboxylic acids is 1. The molecule has 0 spiro atoms. The van der Waals surface area contributed by atoms with Crippen LogP contribution < -0.4 is 5.32 Å². The van der Waals surface area contributed by atoms with Crippen molar-refractivity contribution in [2.24, 2.45) is 0 Å². The fourth-order valence-corrected chi connectivity index (χ4v) is 1.55. The number of amides is 1. The molecule has 1 amide bonds. The minimum atomic E-state index is 0.176. The lowest BCUT2D eigenvalue weighted by molar-refractivity contribution is -0.121. The van der Waals surface area contributed by atoms with Gasteiger partial charge in [0.15, 0.2) is 0 Å². The first-order valence-electron chi connectivity index (χ1n) is 6.64. The maximum Gasteiger partial charge on any atom is 0.219 e. The first-order valence-corrected chi connectivity index (χ1v) is 6.64. The molecular weight excluding hydrogens is 218 g/mol. The number of hydrogen-bond donors (Lipinski definition) is 1. The molecule has 0 saturated carbocycles. The Morgan fingerprint density at radius 1 is 1.00 bits per heavy atom. The average Bonchev–Trinajstić information content (AvgIpc) is 2.32. The quantitative estimate of drug-likeness (QED) is 0.536. The Hall–Kier alpha value is -0.610. The van der Waals surface area contributed by atoms with E-state index >= 15 is 0 Å². The topological polar surface area (TPSA) is 47.6 Å². The third kappa shape index (κ3) is 13.3. The highest BCUT2D eigenvalue weighted by molar-refractivity contribution is 5.75. The van der Waals surface area contributed by atoms with E-state index in [1.54, 1.807) is 7.11 Å². The fourth-order valence-electron chi connectivity index (χ4n) is 1.55. The van der Waals surface area contributed by atoms with Crippen LogP contribution >= 0.6 is 0 Å². The van der Waals surface area contributed by atoms with Crippen molar-refractivity contribution in [3.8, 4) is 0 Å². The van der Waals surface area contributed by atoms with Gasteiger partial charge in [-0.2, -0.15) is 0 Å². The normalized spacial score (nSPS) is 10.5. The molecule has 4 heteroatoms. The van der Waals surface area contributed by atoms with Crippen molar-refractivity contribution < 1.29 is 14.3 Å². The lowest BCUT2D eigenvalue weighted by Crippen LogP contribution is -2.21. The van der Waals surface area contributed by atoms with E-state index in [4.69, 9.17) is 9.47 Å². The molecule has 0 heterocycles. The Bertz CT molecular complexity index is 174. The first kappa shape index (κ1) is 16.4. The maximum atomic E-state index is 11.1. The van der Waals surface area contributed by atoms with Crippen molar-refractivity contribution in [1.29, 1.82) is 0 Å². The second-order valence-corrected chi connectivity index (χ2v) is 4.08. The number of rotatable bonds is 12. The van der Waals surface area contributed by atoms with Gasteiger partial charge in [0.2, 0.25) is 5.91 Å². The van der Waals surface area contributed by atoms with Gasteiger partial charge in [-0.25, -0.2) is 0 Å². The number of ether oxygens (including phenoxy) is 2. The summed E-state index contributed by atoms with van der Waals surface area (Å²) in [7, 11) is 1.68. The largest absolute Gasteiger partial charge is 0.382 e.